The molecule has 0 spiro atoms. The minimum atomic E-state index is -1.05. The van der Waals surface area contributed by atoms with Gasteiger partial charge < -0.3 is 16.6 Å². The molecule has 0 radical (unpaired) electrons. The fourth-order valence-corrected chi connectivity index (χ4v) is 2.22. The third-order valence-corrected chi connectivity index (χ3v) is 3.58. The zero-order valence-corrected chi connectivity index (χ0v) is 12.5. The van der Waals surface area contributed by atoms with E-state index < -0.39 is 17.9 Å². The van der Waals surface area contributed by atoms with Gasteiger partial charge in [0.1, 0.15) is 11.6 Å². The molecule has 0 aromatic heterocycles. The Morgan fingerprint density at radius 2 is 1.82 bits per heavy atom. The summed E-state index contributed by atoms with van der Waals surface area (Å²) in [5, 5.41) is 9.25. The van der Waals surface area contributed by atoms with Crippen LogP contribution in [0, 0.1) is 11.7 Å². The van der Waals surface area contributed by atoms with Gasteiger partial charge in [-0.3, -0.25) is 9.59 Å². The summed E-state index contributed by atoms with van der Waals surface area (Å²) in [7, 11) is 0. The van der Waals surface area contributed by atoms with Gasteiger partial charge in [-0.05, 0) is 43.5 Å². The Kier molecular flexibility index (Phi) is 7.70. The first-order chi connectivity index (χ1) is 10.4. The number of rotatable bonds is 10. The molecule has 22 heavy (non-hydrogen) atoms. The van der Waals surface area contributed by atoms with Crippen LogP contribution in [-0.4, -0.2) is 29.4 Å². The summed E-state index contributed by atoms with van der Waals surface area (Å²) < 4.78 is 12.9. The number of Topliss-reactive ketones (excluding diaryl/α,β-unsaturated/α-hetero) is 1. The zero-order chi connectivity index (χ0) is 16.5. The predicted octanol–water partition coefficient (Wildman–Crippen LogP) is 1.48. The average molecular weight is 310 g/mol. The van der Waals surface area contributed by atoms with Gasteiger partial charge in [0, 0.05) is 6.42 Å². The fraction of sp³-hybridized carbons (Fsp3) is 0.500. The van der Waals surface area contributed by atoms with Gasteiger partial charge in [0.2, 0.25) is 0 Å². The quantitative estimate of drug-likeness (QED) is 0.568. The molecule has 0 bridgehead atoms. The van der Waals surface area contributed by atoms with E-state index in [-0.39, 0.29) is 24.4 Å². The van der Waals surface area contributed by atoms with Gasteiger partial charge in [-0.2, -0.15) is 0 Å². The number of carboxylic acid groups (broad SMARTS) is 1. The highest BCUT2D eigenvalue weighted by molar-refractivity contribution is 5.87. The highest BCUT2D eigenvalue weighted by Gasteiger charge is 2.24. The molecule has 0 aliphatic heterocycles. The molecule has 0 aliphatic rings. The second-order valence-electron chi connectivity index (χ2n) is 5.43. The SMILES string of the molecule is NCCCC[C@H](N)C(=O)CC(Cc1ccc(F)cc1)C(=O)O. The molecule has 0 heterocycles. The molecule has 122 valence electrons. The van der Waals surface area contributed by atoms with Gasteiger partial charge in [0.15, 0.2) is 0 Å². The summed E-state index contributed by atoms with van der Waals surface area (Å²) in [6.45, 7) is 0.545. The number of nitrogens with two attached hydrogens (primary N) is 2. The first-order valence-corrected chi connectivity index (χ1v) is 7.39. The van der Waals surface area contributed by atoms with Crippen LogP contribution in [0.3, 0.4) is 0 Å². The number of unbranched alkanes of at least 4 members (excludes halogenated alkanes) is 1. The van der Waals surface area contributed by atoms with Crippen LogP contribution in [0.5, 0.6) is 0 Å². The van der Waals surface area contributed by atoms with Crippen LogP contribution in [0.25, 0.3) is 0 Å². The molecular weight excluding hydrogens is 287 g/mol. The first-order valence-electron chi connectivity index (χ1n) is 7.39. The van der Waals surface area contributed by atoms with Gasteiger partial charge in [-0.15, -0.1) is 0 Å². The van der Waals surface area contributed by atoms with Crippen molar-refractivity contribution in [1.29, 1.82) is 0 Å². The van der Waals surface area contributed by atoms with Gasteiger partial charge in [-0.25, -0.2) is 4.39 Å². The van der Waals surface area contributed by atoms with Crippen molar-refractivity contribution >= 4 is 11.8 Å². The number of benzene rings is 1. The third kappa shape index (κ3) is 6.32. The van der Waals surface area contributed by atoms with Crippen LogP contribution in [0.1, 0.15) is 31.2 Å². The van der Waals surface area contributed by atoms with Crippen molar-refractivity contribution in [3.05, 3.63) is 35.6 Å². The summed E-state index contributed by atoms with van der Waals surface area (Å²) in [6, 6.07) is 4.94. The Morgan fingerprint density at radius 1 is 1.18 bits per heavy atom. The smallest absolute Gasteiger partial charge is 0.307 e. The number of aliphatic carboxylic acids is 1. The minimum Gasteiger partial charge on any atom is -0.481 e. The normalized spacial score (nSPS) is 13.6. The van der Waals surface area contributed by atoms with E-state index >= 15 is 0 Å². The molecule has 0 fully saturated rings. The molecule has 5 nitrogen and oxygen atoms in total. The van der Waals surface area contributed by atoms with Crippen molar-refractivity contribution in [2.24, 2.45) is 17.4 Å². The van der Waals surface area contributed by atoms with E-state index in [9.17, 15) is 19.1 Å². The summed E-state index contributed by atoms with van der Waals surface area (Å²) in [6.07, 6.45) is 2.12. The van der Waals surface area contributed by atoms with Crippen LogP contribution in [0.15, 0.2) is 24.3 Å². The molecule has 0 amide bonds. The summed E-state index contributed by atoms with van der Waals surface area (Å²) >= 11 is 0. The number of hydrogen-bond acceptors (Lipinski definition) is 4. The van der Waals surface area contributed by atoms with E-state index in [1.165, 1.54) is 24.3 Å². The maximum Gasteiger partial charge on any atom is 0.307 e. The van der Waals surface area contributed by atoms with Gasteiger partial charge in [-0.1, -0.05) is 18.6 Å². The first kappa shape index (κ1) is 18.3. The molecular formula is C16H23FN2O3. The fourth-order valence-electron chi connectivity index (χ4n) is 2.22. The number of carbonyl (C=O) groups is 2. The van der Waals surface area contributed by atoms with Crippen molar-refractivity contribution < 1.29 is 19.1 Å². The summed E-state index contributed by atoms with van der Waals surface area (Å²) in [5.41, 5.74) is 11.8. The molecule has 1 aromatic carbocycles. The predicted molar refractivity (Wildman–Crippen MR) is 81.7 cm³/mol. The topological polar surface area (TPSA) is 106 Å². The van der Waals surface area contributed by atoms with Gasteiger partial charge >= 0.3 is 5.97 Å². The lowest BCUT2D eigenvalue weighted by molar-refractivity contribution is -0.143. The maximum atomic E-state index is 12.9. The number of carboxylic acids is 1. The van der Waals surface area contributed by atoms with E-state index in [0.29, 0.717) is 18.5 Å². The molecule has 5 N–H and O–H groups in total. The maximum absolute atomic E-state index is 12.9. The van der Waals surface area contributed by atoms with Crippen molar-refractivity contribution in [1.82, 2.24) is 0 Å². The Balaban J connectivity index is 2.58. The Hall–Kier alpha value is -1.79. The number of carbonyl (C=O) groups excluding carboxylic acids is 1. The molecule has 6 heteroatoms. The van der Waals surface area contributed by atoms with Crippen molar-refractivity contribution in [3.8, 4) is 0 Å². The van der Waals surface area contributed by atoms with E-state index in [1.54, 1.807) is 0 Å². The highest BCUT2D eigenvalue weighted by Crippen LogP contribution is 2.16. The van der Waals surface area contributed by atoms with Crippen LogP contribution in [0.4, 0.5) is 4.39 Å². The largest absolute Gasteiger partial charge is 0.481 e. The lowest BCUT2D eigenvalue weighted by atomic mass is 9.91. The summed E-state index contributed by atoms with van der Waals surface area (Å²) in [4.78, 5) is 23.3. The van der Waals surface area contributed by atoms with Crippen LogP contribution in [-0.2, 0) is 16.0 Å². The van der Waals surface area contributed by atoms with Crippen molar-refractivity contribution in [2.75, 3.05) is 6.54 Å². The standard InChI is InChI=1S/C16H23FN2O3/c17-13-6-4-11(5-7-13)9-12(16(21)22)10-15(20)14(19)3-1-2-8-18/h4-7,12,14H,1-3,8-10,18-19H2,(H,21,22)/t12?,14-/m0/s1. The van der Waals surface area contributed by atoms with E-state index in [1.807, 2.05) is 0 Å². The van der Waals surface area contributed by atoms with Gasteiger partial charge in [0.25, 0.3) is 0 Å². The molecule has 0 saturated carbocycles. The molecule has 2 atom stereocenters. The van der Waals surface area contributed by atoms with Gasteiger partial charge in [0.05, 0.1) is 12.0 Å². The zero-order valence-electron chi connectivity index (χ0n) is 12.5. The van der Waals surface area contributed by atoms with Crippen molar-refractivity contribution in [2.45, 2.75) is 38.1 Å². The second-order valence-corrected chi connectivity index (χ2v) is 5.43. The van der Waals surface area contributed by atoms with E-state index in [2.05, 4.69) is 0 Å². The van der Waals surface area contributed by atoms with Crippen LogP contribution < -0.4 is 11.5 Å². The monoisotopic (exact) mass is 310 g/mol. The van der Waals surface area contributed by atoms with Crippen LogP contribution >= 0.6 is 0 Å². The molecule has 1 aromatic rings. The Bertz CT molecular complexity index is 491. The number of ketones is 1. The Morgan fingerprint density at radius 3 is 2.36 bits per heavy atom. The van der Waals surface area contributed by atoms with E-state index in [4.69, 9.17) is 11.5 Å². The Labute approximate surface area is 129 Å². The second kappa shape index (κ2) is 9.27. The molecule has 0 aliphatic carbocycles. The van der Waals surface area contributed by atoms with Crippen molar-refractivity contribution in [3.63, 3.8) is 0 Å². The number of halogens is 1. The highest BCUT2D eigenvalue weighted by atomic mass is 19.1. The molecule has 1 rings (SSSR count). The molecule has 0 saturated heterocycles. The number of hydrogen-bond donors (Lipinski definition) is 3. The lowest BCUT2D eigenvalue weighted by Gasteiger charge is -2.15. The van der Waals surface area contributed by atoms with Crippen LogP contribution in [0.2, 0.25) is 0 Å². The molecule has 1 unspecified atom stereocenters. The average Bonchev–Trinajstić information content (AvgIpc) is 2.48. The van der Waals surface area contributed by atoms with E-state index in [0.717, 1.165) is 12.8 Å². The third-order valence-electron chi connectivity index (χ3n) is 3.58. The lowest BCUT2D eigenvalue weighted by Crippen LogP contribution is -2.34. The summed E-state index contributed by atoms with van der Waals surface area (Å²) in [5.74, 6) is -2.54. The minimum absolute atomic E-state index is 0.115.